The summed E-state index contributed by atoms with van der Waals surface area (Å²) in [5.41, 5.74) is 0. The molecule has 0 amide bonds. The molecule has 1 aliphatic rings. The molecule has 4 heteroatoms. The fourth-order valence-corrected chi connectivity index (χ4v) is 1.14. The van der Waals surface area contributed by atoms with Gasteiger partial charge in [0, 0.05) is 7.11 Å². The lowest BCUT2D eigenvalue weighted by molar-refractivity contribution is -0.197. The fourth-order valence-electron chi connectivity index (χ4n) is 1.14. The molecule has 0 bridgehead atoms. The van der Waals surface area contributed by atoms with Crippen molar-refractivity contribution in [3.05, 3.63) is 0 Å². The largest absolute Gasteiger partial charge is 0.479 e. The van der Waals surface area contributed by atoms with Gasteiger partial charge in [0.25, 0.3) is 0 Å². The highest BCUT2D eigenvalue weighted by Crippen LogP contribution is 2.19. The van der Waals surface area contributed by atoms with Crippen LogP contribution in [0.15, 0.2) is 0 Å². The van der Waals surface area contributed by atoms with Gasteiger partial charge in [-0.3, -0.25) is 0 Å². The Morgan fingerprint density at radius 2 is 2.36 bits per heavy atom. The van der Waals surface area contributed by atoms with Crippen LogP contribution in [0.3, 0.4) is 0 Å². The average molecular weight is 160 g/mol. The molecular formula is C7H12O4. The van der Waals surface area contributed by atoms with Crippen LogP contribution >= 0.6 is 0 Å². The Morgan fingerprint density at radius 1 is 1.64 bits per heavy atom. The summed E-state index contributed by atoms with van der Waals surface area (Å²) in [4.78, 5) is 10.4. The highest BCUT2D eigenvalue weighted by Gasteiger charge is 2.26. The lowest BCUT2D eigenvalue weighted by Gasteiger charge is -2.25. The molecule has 1 N–H and O–H groups in total. The van der Waals surface area contributed by atoms with Crippen LogP contribution in [0.2, 0.25) is 0 Å². The normalized spacial score (nSPS) is 31.7. The monoisotopic (exact) mass is 160 g/mol. The zero-order chi connectivity index (χ0) is 8.27. The molecule has 2 unspecified atom stereocenters. The lowest BCUT2D eigenvalue weighted by Crippen LogP contribution is -2.34. The molecule has 64 valence electrons. The van der Waals surface area contributed by atoms with E-state index in [2.05, 4.69) is 0 Å². The van der Waals surface area contributed by atoms with Gasteiger partial charge in [0.15, 0.2) is 12.4 Å². The molecular weight excluding hydrogens is 148 g/mol. The van der Waals surface area contributed by atoms with Crippen LogP contribution in [0.4, 0.5) is 0 Å². The second-order valence-electron chi connectivity index (χ2n) is 2.56. The molecule has 0 aliphatic carbocycles. The molecule has 0 aromatic carbocycles. The van der Waals surface area contributed by atoms with Gasteiger partial charge in [-0.25, -0.2) is 4.79 Å². The second-order valence-corrected chi connectivity index (χ2v) is 2.56. The lowest BCUT2D eigenvalue weighted by atomic mass is 10.1. The van der Waals surface area contributed by atoms with Crippen molar-refractivity contribution in [2.24, 2.45) is 0 Å². The topological polar surface area (TPSA) is 55.8 Å². The van der Waals surface area contributed by atoms with Gasteiger partial charge in [-0.1, -0.05) is 0 Å². The highest BCUT2D eigenvalue weighted by molar-refractivity contribution is 5.72. The Bertz CT molecular complexity index is 145. The third kappa shape index (κ3) is 2.17. The number of rotatable bonds is 2. The number of methoxy groups -OCH3 is 1. The Hall–Kier alpha value is -0.610. The summed E-state index contributed by atoms with van der Waals surface area (Å²) in [5.74, 6) is -0.897. The van der Waals surface area contributed by atoms with Gasteiger partial charge in [-0.2, -0.15) is 0 Å². The third-order valence-electron chi connectivity index (χ3n) is 1.76. The molecule has 4 nitrogen and oxygen atoms in total. The minimum Gasteiger partial charge on any atom is -0.479 e. The molecule has 0 aromatic rings. The van der Waals surface area contributed by atoms with Crippen LogP contribution in [0.1, 0.15) is 19.3 Å². The number of carboxylic acid groups (broad SMARTS) is 1. The zero-order valence-electron chi connectivity index (χ0n) is 6.45. The molecule has 1 aliphatic heterocycles. The number of ether oxygens (including phenoxy) is 2. The van der Waals surface area contributed by atoms with Crippen molar-refractivity contribution in [1.82, 2.24) is 0 Å². The minimum absolute atomic E-state index is 0.329. The van der Waals surface area contributed by atoms with E-state index in [-0.39, 0.29) is 6.29 Å². The summed E-state index contributed by atoms with van der Waals surface area (Å²) in [5, 5.41) is 8.57. The van der Waals surface area contributed by atoms with E-state index in [4.69, 9.17) is 14.6 Å². The number of aliphatic carboxylic acids is 1. The molecule has 0 spiro atoms. The van der Waals surface area contributed by atoms with E-state index in [9.17, 15) is 4.79 Å². The van der Waals surface area contributed by atoms with E-state index >= 15 is 0 Å². The van der Waals surface area contributed by atoms with Crippen LogP contribution in [0, 0.1) is 0 Å². The van der Waals surface area contributed by atoms with E-state index in [0.717, 1.165) is 12.8 Å². The molecule has 0 saturated carbocycles. The van der Waals surface area contributed by atoms with Crippen molar-refractivity contribution in [2.75, 3.05) is 7.11 Å². The van der Waals surface area contributed by atoms with Gasteiger partial charge in [-0.05, 0) is 19.3 Å². The van der Waals surface area contributed by atoms with E-state index in [1.807, 2.05) is 0 Å². The summed E-state index contributed by atoms with van der Waals surface area (Å²) in [6.45, 7) is 0. The van der Waals surface area contributed by atoms with Gasteiger partial charge in [-0.15, -0.1) is 0 Å². The fraction of sp³-hybridized carbons (Fsp3) is 0.857. The first-order chi connectivity index (χ1) is 5.24. The van der Waals surface area contributed by atoms with Crippen molar-refractivity contribution in [1.29, 1.82) is 0 Å². The van der Waals surface area contributed by atoms with Gasteiger partial charge in [0.05, 0.1) is 0 Å². The van der Waals surface area contributed by atoms with Crippen LogP contribution in [0.25, 0.3) is 0 Å². The number of carbonyl (C=O) groups is 1. The third-order valence-corrected chi connectivity index (χ3v) is 1.76. The average Bonchev–Trinajstić information content (AvgIpc) is 2.05. The summed E-state index contributed by atoms with van der Waals surface area (Å²) >= 11 is 0. The molecule has 2 atom stereocenters. The summed E-state index contributed by atoms with van der Waals surface area (Å²) in [7, 11) is 1.52. The van der Waals surface area contributed by atoms with Gasteiger partial charge in [0.1, 0.15) is 0 Å². The van der Waals surface area contributed by atoms with E-state index in [1.54, 1.807) is 0 Å². The Morgan fingerprint density at radius 3 is 2.91 bits per heavy atom. The molecule has 1 rings (SSSR count). The van der Waals surface area contributed by atoms with Crippen molar-refractivity contribution in [3.8, 4) is 0 Å². The van der Waals surface area contributed by atoms with E-state index < -0.39 is 12.1 Å². The van der Waals surface area contributed by atoms with Gasteiger partial charge < -0.3 is 14.6 Å². The van der Waals surface area contributed by atoms with Crippen molar-refractivity contribution >= 4 is 5.97 Å². The molecule has 1 fully saturated rings. The summed E-state index contributed by atoms with van der Waals surface area (Å²) < 4.78 is 9.96. The Labute approximate surface area is 65.1 Å². The first kappa shape index (κ1) is 8.49. The molecule has 0 aromatic heterocycles. The van der Waals surface area contributed by atoms with Crippen LogP contribution in [-0.4, -0.2) is 30.6 Å². The highest BCUT2D eigenvalue weighted by atomic mass is 16.7. The maximum Gasteiger partial charge on any atom is 0.332 e. The van der Waals surface area contributed by atoms with Gasteiger partial charge >= 0.3 is 5.97 Å². The smallest absolute Gasteiger partial charge is 0.332 e. The van der Waals surface area contributed by atoms with Gasteiger partial charge in [0.2, 0.25) is 0 Å². The predicted molar refractivity (Wildman–Crippen MR) is 37.2 cm³/mol. The quantitative estimate of drug-likeness (QED) is 0.643. The van der Waals surface area contributed by atoms with Crippen LogP contribution in [0.5, 0.6) is 0 Å². The first-order valence-corrected chi connectivity index (χ1v) is 3.65. The SMILES string of the molecule is COC1CCCC(C(=O)O)O1. The Kier molecular flexibility index (Phi) is 2.84. The van der Waals surface area contributed by atoms with E-state index in [1.165, 1.54) is 7.11 Å². The summed E-state index contributed by atoms with van der Waals surface area (Å²) in [6.07, 6.45) is 1.24. The predicted octanol–water partition coefficient (Wildman–Crippen LogP) is 0.613. The molecule has 1 heterocycles. The standard InChI is InChI=1S/C7H12O4/c1-10-6-4-2-3-5(11-6)7(8)9/h5-6H,2-4H2,1H3,(H,8,9). The van der Waals surface area contributed by atoms with E-state index in [0.29, 0.717) is 6.42 Å². The van der Waals surface area contributed by atoms with Crippen LogP contribution < -0.4 is 0 Å². The number of hydrogen-bond donors (Lipinski definition) is 1. The Balaban J connectivity index is 2.39. The zero-order valence-corrected chi connectivity index (χ0v) is 6.45. The minimum atomic E-state index is -0.897. The summed E-state index contributed by atoms with van der Waals surface area (Å²) in [6, 6.07) is 0. The van der Waals surface area contributed by atoms with Crippen molar-refractivity contribution in [2.45, 2.75) is 31.7 Å². The maximum atomic E-state index is 10.4. The number of hydrogen-bond acceptors (Lipinski definition) is 3. The van der Waals surface area contributed by atoms with Crippen LogP contribution in [-0.2, 0) is 14.3 Å². The molecule has 1 saturated heterocycles. The molecule has 0 radical (unpaired) electrons. The first-order valence-electron chi connectivity index (χ1n) is 3.65. The molecule has 11 heavy (non-hydrogen) atoms. The second kappa shape index (κ2) is 3.69. The number of carboxylic acids is 1. The van der Waals surface area contributed by atoms with Crippen molar-refractivity contribution < 1.29 is 19.4 Å². The maximum absolute atomic E-state index is 10.4. The van der Waals surface area contributed by atoms with Crippen molar-refractivity contribution in [3.63, 3.8) is 0 Å².